The second-order valence-electron chi connectivity index (χ2n) is 18.2. The van der Waals surface area contributed by atoms with Gasteiger partial charge in [0, 0.05) is 7.11 Å². The van der Waals surface area contributed by atoms with Crippen molar-refractivity contribution in [1.29, 1.82) is 0 Å². The van der Waals surface area contributed by atoms with Crippen molar-refractivity contribution in [3.63, 3.8) is 0 Å². The van der Waals surface area contributed by atoms with Gasteiger partial charge in [0.15, 0.2) is 58.2 Å². The number of rotatable bonds is 32. The molecule has 27 atom stereocenters. The summed E-state index contributed by atoms with van der Waals surface area (Å²) in [6, 6.07) is -8.13. The van der Waals surface area contributed by atoms with Crippen molar-refractivity contribution in [1.82, 2.24) is 14.9 Å². The number of aliphatic carboxylic acids is 2. The SMILES string of the molecule is CO[C@H]1O[C@@H](COS(=O)(=O)[O-])[C@@H](O[C@@H]2OC(C(=O)[O-])[C@H](O[C@@H]3OC(COOS(=O)[O-])[C@@H](O[C@@H]4O[C@@H](C(=O)[O-])[C@@H](O[C@H]5O[C@@H](COS(=O)(=O)[O-])[C@@H](O)C(O)C5NS(=O)(=O)[O-])C(O)C4O)[C@H](OS(=O)(=O)[O-])C3NS(=O)(=O)[O-])[C@@H](O)C2OS(=O)(=O)[O-])C(O)C1NOS(=O)[O-]. The Bertz CT molecular complexity index is 3240. The van der Waals surface area contributed by atoms with Crippen LogP contribution in [0.2, 0.25) is 0 Å². The van der Waals surface area contributed by atoms with E-state index >= 15 is 0 Å². The third-order valence-corrected chi connectivity index (χ3v) is 15.6. The van der Waals surface area contributed by atoms with Crippen molar-refractivity contribution in [2.75, 3.05) is 26.9 Å². The summed E-state index contributed by atoms with van der Waals surface area (Å²) in [5.41, 5.74) is 1.66. The van der Waals surface area contributed by atoms with E-state index in [1.807, 2.05) is 0 Å². The molecule has 0 aromatic heterocycles. The van der Waals surface area contributed by atoms with Gasteiger partial charge in [-0.1, -0.05) is 0 Å². The summed E-state index contributed by atoms with van der Waals surface area (Å²) in [5, 5.41) is 92.4. The molecule has 0 bridgehead atoms. The zero-order chi connectivity index (χ0) is 69.0. The summed E-state index contributed by atoms with van der Waals surface area (Å²) >= 11 is -7.35. The number of ether oxygens (including phenoxy) is 10. The molecular formula is C31H43N3O49S8-10. The average molecular weight is 1500 g/mol. The van der Waals surface area contributed by atoms with Crippen LogP contribution >= 0.6 is 0 Å². The van der Waals surface area contributed by atoms with Crippen LogP contribution in [-0.2, 0) is 172 Å². The number of methoxy groups -OCH3 is 1. The van der Waals surface area contributed by atoms with Crippen LogP contribution in [0.25, 0.3) is 0 Å². The zero-order valence-electron chi connectivity index (χ0n) is 43.6. The number of carbonyl (C=O) groups is 2. The summed E-state index contributed by atoms with van der Waals surface area (Å²) < 4.78 is 338. The molecule has 91 heavy (non-hydrogen) atoms. The molecule has 5 fully saturated rings. The first-order chi connectivity index (χ1) is 41.6. The molecule has 534 valence electrons. The number of aliphatic hydroxyl groups is 6. The topological polar surface area (TPSA) is 818 Å². The first-order valence-electron chi connectivity index (χ1n) is 23.4. The Labute approximate surface area is 513 Å². The predicted molar refractivity (Wildman–Crippen MR) is 242 cm³/mol. The summed E-state index contributed by atoms with van der Waals surface area (Å²) in [6.07, 6.45) is -64.3. The molecule has 0 spiro atoms. The second-order valence-corrected chi connectivity index (χ2v) is 25.7. The molecule has 0 aromatic carbocycles. The van der Waals surface area contributed by atoms with Crippen LogP contribution in [0.4, 0.5) is 0 Å². The van der Waals surface area contributed by atoms with Gasteiger partial charge in [-0.05, 0) is 0 Å². The molecule has 9 N–H and O–H groups in total. The number of hydroxylamine groups is 1. The minimum absolute atomic E-state index is 0.779. The smallest absolute Gasteiger partial charge is 0.218 e. The highest BCUT2D eigenvalue weighted by molar-refractivity contribution is 7.84. The zero-order valence-corrected chi connectivity index (χ0v) is 50.1. The maximum atomic E-state index is 12.9. The lowest BCUT2D eigenvalue weighted by Crippen LogP contribution is -2.72. The molecule has 12 unspecified atom stereocenters. The molecule has 5 aliphatic rings. The molecule has 0 amide bonds. The highest BCUT2D eigenvalue weighted by Crippen LogP contribution is 2.38. The third-order valence-electron chi connectivity index (χ3n) is 12.3. The van der Waals surface area contributed by atoms with Crippen LogP contribution in [-0.4, -0.2) is 318 Å². The normalized spacial score (nSPS) is 39.0. The Morgan fingerprint density at radius 2 is 0.890 bits per heavy atom. The fraction of sp³-hybridized carbons (Fsp3) is 0.935. The number of carboxylic acid groups (broad SMARTS) is 2. The van der Waals surface area contributed by atoms with E-state index in [1.54, 1.807) is 5.48 Å². The van der Waals surface area contributed by atoms with E-state index in [0.29, 0.717) is 0 Å². The minimum atomic E-state index is -6.61. The average Bonchev–Trinajstić information content (AvgIpc) is 0.774. The largest absolute Gasteiger partial charge is 0.748 e. The molecule has 0 aromatic rings. The fourth-order valence-electron chi connectivity index (χ4n) is 8.84. The molecule has 5 aliphatic heterocycles. The highest BCUT2D eigenvalue weighted by atomic mass is 32.3. The number of aliphatic hydroxyl groups excluding tert-OH is 6. The lowest BCUT2D eigenvalue weighted by atomic mass is 9.94. The first-order valence-corrected chi connectivity index (χ1v) is 33.5. The number of carbonyl (C=O) groups excluding carboxylic acids is 2. The van der Waals surface area contributed by atoms with E-state index in [1.165, 1.54) is 0 Å². The van der Waals surface area contributed by atoms with Crippen molar-refractivity contribution in [3.8, 4) is 0 Å². The van der Waals surface area contributed by atoms with Crippen LogP contribution in [0.3, 0.4) is 0 Å². The Morgan fingerprint density at radius 1 is 0.451 bits per heavy atom. The van der Waals surface area contributed by atoms with Gasteiger partial charge in [0.25, 0.3) is 0 Å². The number of carboxylic acids is 2. The van der Waals surface area contributed by atoms with Gasteiger partial charge in [0.05, 0.1) is 25.2 Å². The van der Waals surface area contributed by atoms with E-state index in [-0.39, 0.29) is 0 Å². The van der Waals surface area contributed by atoms with E-state index in [4.69, 9.17) is 47.4 Å². The van der Waals surface area contributed by atoms with E-state index < -0.39 is 270 Å². The summed E-state index contributed by atoms with van der Waals surface area (Å²) in [5.74, 6) is -5.43. The van der Waals surface area contributed by atoms with Crippen molar-refractivity contribution in [2.45, 2.75) is 153 Å². The molecule has 0 saturated carbocycles. The second kappa shape index (κ2) is 31.8. The van der Waals surface area contributed by atoms with Crippen molar-refractivity contribution >= 4 is 96.9 Å². The Balaban J connectivity index is 1.58. The van der Waals surface area contributed by atoms with Gasteiger partial charge in [-0.15, -0.1) is 4.33 Å². The van der Waals surface area contributed by atoms with Crippen molar-refractivity contribution < 1.29 is 223 Å². The Kier molecular flexibility index (Phi) is 27.7. The molecule has 0 radical (unpaired) electrons. The van der Waals surface area contributed by atoms with Crippen LogP contribution in [0, 0.1) is 0 Å². The quantitative estimate of drug-likeness (QED) is 0.00993. The standard InChI is InChI=1S/C31H53N3O49S8/c1-67-27-8(32-82-84(45)46)13(37)17(7(72-27)4-70-89(58,59)60)74-31-22(81-91(64,65)66)16(40)21(24(79-31)26(43)44)77-29-10(34-87(52,53)54)19(80-90(61,62)63)18(6(73-29)2-68-83-85(47)48)75-30-15(39)14(38)20(23(78-30)25(41)42)76-28-9(33-86(49,50)51)12(36)11(35)5(71-28)3-69-88(55,56)57/h5-24,27-40H,2-4H2,1H3,(H,41,42)(H,43,44)(H,45,46)(H,47,48)(H,49,50,51)(H,52,53,54)(H,55,56,57)(H,58,59,60)(H,61,62,63)(H,64,65,66)/p-10/t5-,6?,7-,8?,9?,10?,11+,12?,13?,14?,15?,16+,17+,18+,19+,20-,21+,22?,23+,24?,27-,28+,29-,30+,31+/m0/s1. The van der Waals surface area contributed by atoms with Crippen LogP contribution in [0.1, 0.15) is 0 Å². The van der Waals surface area contributed by atoms with E-state index in [9.17, 15) is 146 Å². The van der Waals surface area contributed by atoms with Gasteiger partial charge in [-0.3, -0.25) is 16.7 Å². The third kappa shape index (κ3) is 23.1. The van der Waals surface area contributed by atoms with E-state index in [2.05, 4.69) is 30.2 Å². The van der Waals surface area contributed by atoms with Gasteiger partial charge in [0.1, 0.15) is 145 Å². The van der Waals surface area contributed by atoms with Gasteiger partial charge >= 0.3 is 0 Å². The van der Waals surface area contributed by atoms with Gasteiger partial charge in [0.2, 0.25) is 41.6 Å². The molecule has 0 aliphatic carbocycles. The maximum Gasteiger partial charge on any atom is 0.218 e. The van der Waals surface area contributed by atoms with Gasteiger partial charge < -0.3 is 134 Å². The molecule has 60 heteroatoms. The Hall–Kier alpha value is -2.42. The monoisotopic (exact) mass is 1500 g/mol. The van der Waals surface area contributed by atoms with Gasteiger partial charge in [-0.25, -0.2) is 77.5 Å². The lowest BCUT2D eigenvalue weighted by Gasteiger charge is -2.51. The fourth-order valence-corrected chi connectivity index (χ4v) is 11.9. The number of hydrogen-bond acceptors (Lipinski definition) is 50. The summed E-state index contributed by atoms with van der Waals surface area (Å²) in [4.78, 5) is 29.9. The van der Waals surface area contributed by atoms with Crippen molar-refractivity contribution in [3.05, 3.63) is 0 Å². The lowest BCUT2D eigenvalue weighted by molar-refractivity contribution is -0.392. The molecule has 52 nitrogen and oxygen atoms in total. The number of nitrogens with one attached hydrogen (secondary N) is 3. The summed E-state index contributed by atoms with van der Waals surface area (Å²) in [6.45, 7) is -4.99. The Morgan fingerprint density at radius 3 is 1.37 bits per heavy atom. The van der Waals surface area contributed by atoms with Gasteiger partial charge in [-0.2, -0.15) is 5.48 Å². The molecule has 5 saturated heterocycles. The number of hydrogen-bond donors (Lipinski definition) is 9. The van der Waals surface area contributed by atoms with E-state index in [0.717, 1.165) is 16.6 Å². The van der Waals surface area contributed by atoms with Crippen LogP contribution in [0.15, 0.2) is 0 Å². The molecule has 5 rings (SSSR count). The minimum Gasteiger partial charge on any atom is -0.748 e. The molecule has 5 heterocycles. The van der Waals surface area contributed by atoms with Crippen molar-refractivity contribution in [2.24, 2.45) is 0 Å². The predicted octanol–water partition coefficient (Wildman–Crippen LogP) is -18.6. The summed E-state index contributed by atoms with van der Waals surface area (Å²) in [7, 11) is -36.0. The van der Waals surface area contributed by atoms with Crippen LogP contribution < -0.4 is 25.1 Å². The van der Waals surface area contributed by atoms with Crippen LogP contribution in [0.5, 0.6) is 0 Å². The molecular weight excluding hydrogens is 1450 g/mol. The maximum absolute atomic E-state index is 12.9. The highest BCUT2D eigenvalue weighted by Gasteiger charge is 2.59. The first kappa shape index (κ1) is 79.3.